The van der Waals surface area contributed by atoms with Crippen LogP contribution in [0.25, 0.3) is 10.8 Å². The Labute approximate surface area is 171 Å². The van der Waals surface area contributed by atoms with Gasteiger partial charge in [0.05, 0.1) is 0 Å². The van der Waals surface area contributed by atoms with Crippen molar-refractivity contribution in [2.45, 2.75) is 24.5 Å². The average Bonchev–Trinajstić information content (AvgIpc) is 2.64. The molecule has 13 heteroatoms. The summed E-state index contributed by atoms with van der Waals surface area (Å²) < 4.78 is 105. The highest BCUT2D eigenvalue weighted by Crippen LogP contribution is 2.39. The van der Waals surface area contributed by atoms with Crippen molar-refractivity contribution in [1.29, 1.82) is 0 Å². The van der Waals surface area contributed by atoms with Crippen LogP contribution in [0.2, 0.25) is 0 Å². The number of alkyl halides is 5. The molecule has 1 unspecified atom stereocenters. The normalized spacial score (nSPS) is 13.5. The summed E-state index contributed by atoms with van der Waals surface area (Å²) in [5.74, 6) is -3.78. The van der Waals surface area contributed by atoms with Crippen LogP contribution < -0.4 is 4.74 Å². The summed E-state index contributed by atoms with van der Waals surface area (Å²) in [6.07, 6.45) is -10.6. The summed E-state index contributed by atoms with van der Waals surface area (Å²) in [6, 6.07) is 7.84. The lowest BCUT2D eigenvalue weighted by Gasteiger charge is -2.26. The number of benzene rings is 2. The second-order valence-corrected chi connectivity index (χ2v) is 7.69. The third kappa shape index (κ3) is 4.99. The summed E-state index contributed by atoms with van der Waals surface area (Å²) >= 11 is 0. The highest BCUT2D eigenvalue weighted by atomic mass is 32.2. The van der Waals surface area contributed by atoms with E-state index in [-0.39, 0.29) is 11.0 Å². The van der Waals surface area contributed by atoms with E-state index in [1.54, 1.807) is 6.07 Å². The molecule has 1 atom stereocenters. The number of rotatable bonds is 6. The third-order valence-electron chi connectivity index (χ3n) is 3.81. The Morgan fingerprint density at radius 2 is 1.65 bits per heavy atom. The van der Waals surface area contributed by atoms with E-state index >= 15 is 0 Å². The van der Waals surface area contributed by atoms with Crippen LogP contribution in [-0.4, -0.2) is 42.4 Å². The van der Waals surface area contributed by atoms with Crippen molar-refractivity contribution in [3.05, 3.63) is 54.1 Å². The average molecular weight is 468 g/mol. The molecular formula is C18H13F5O7S. The molecule has 0 bridgehead atoms. The first kappa shape index (κ1) is 24.2. The molecule has 0 heterocycles. The molecule has 1 N–H and O–H groups in total. The topological polar surface area (TPSA) is 107 Å². The first-order valence-corrected chi connectivity index (χ1v) is 9.53. The molecule has 2 aromatic rings. The van der Waals surface area contributed by atoms with Crippen molar-refractivity contribution in [2.75, 3.05) is 0 Å². The second-order valence-electron chi connectivity index (χ2n) is 6.20. The van der Waals surface area contributed by atoms with Crippen LogP contribution in [0.15, 0.2) is 48.6 Å². The maximum Gasteiger partial charge on any atom is 0.432 e. The van der Waals surface area contributed by atoms with E-state index in [4.69, 9.17) is 9.29 Å². The zero-order valence-electron chi connectivity index (χ0n) is 15.4. The first-order chi connectivity index (χ1) is 14.1. The fourth-order valence-electron chi connectivity index (χ4n) is 2.33. The van der Waals surface area contributed by atoms with Crippen LogP contribution in [0.3, 0.4) is 0 Å². The Balaban J connectivity index is 2.61. The van der Waals surface area contributed by atoms with Crippen LogP contribution >= 0.6 is 0 Å². The van der Waals surface area contributed by atoms with E-state index in [0.29, 0.717) is 5.39 Å². The van der Waals surface area contributed by atoms with Crippen LogP contribution in [0, 0.1) is 0 Å². The molecule has 0 aliphatic carbocycles. The molecule has 0 aromatic heterocycles. The van der Waals surface area contributed by atoms with Crippen molar-refractivity contribution < 1.29 is 54.0 Å². The van der Waals surface area contributed by atoms with Gasteiger partial charge >= 0.3 is 33.5 Å². The number of ether oxygens (including phenoxy) is 2. The molecule has 2 aromatic carbocycles. The summed E-state index contributed by atoms with van der Waals surface area (Å²) in [6.45, 7) is 4.55. The highest BCUT2D eigenvalue weighted by Gasteiger charge is 2.66. The van der Waals surface area contributed by atoms with E-state index in [9.17, 15) is 40.0 Å². The molecule has 0 saturated heterocycles. The summed E-state index contributed by atoms with van der Waals surface area (Å²) in [4.78, 5) is 24.3. The lowest BCUT2D eigenvalue weighted by molar-refractivity contribution is -0.248. The molecule has 0 spiro atoms. The number of esters is 2. The van der Waals surface area contributed by atoms with Crippen molar-refractivity contribution in [3.8, 4) is 5.75 Å². The van der Waals surface area contributed by atoms with Crippen LogP contribution in [0.5, 0.6) is 5.75 Å². The zero-order valence-corrected chi connectivity index (χ0v) is 16.3. The predicted octanol–water partition coefficient (Wildman–Crippen LogP) is 3.89. The predicted molar refractivity (Wildman–Crippen MR) is 96.2 cm³/mol. The number of carbonyl (C=O) groups excluding carboxylic acids is 2. The Kier molecular flexibility index (Phi) is 6.43. The molecule has 2 rings (SSSR count). The smallest absolute Gasteiger partial charge is 0.432 e. The van der Waals surface area contributed by atoms with E-state index in [2.05, 4.69) is 11.3 Å². The second kappa shape index (κ2) is 8.23. The number of carbonyl (C=O) groups is 2. The van der Waals surface area contributed by atoms with E-state index in [0.717, 1.165) is 6.07 Å². The number of halogens is 5. The molecule has 31 heavy (non-hydrogen) atoms. The standard InChI is InChI=1S/C18H13F5O7S/c1-9(2)14(24)29-13-11-6-4-3-5-10(11)7-8-12(13)15(25)30-16(17(19,20)21)18(22,23)31(26,27)28/h3-8,16H,1H2,2H3,(H,26,27,28). The zero-order chi connectivity index (χ0) is 23.8. The molecule has 0 aliphatic heterocycles. The lowest BCUT2D eigenvalue weighted by atomic mass is 10.1. The summed E-state index contributed by atoms with van der Waals surface area (Å²) in [5.41, 5.74) is -1.04. The van der Waals surface area contributed by atoms with E-state index in [1.807, 2.05) is 0 Å². The van der Waals surface area contributed by atoms with Crippen molar-refractivity contribution in [1.82, 2.24) is 0 Å². The monoisotopic (exact) mass is 468 g/mol. The van der Waals surface area contributed by atoms with E-state index in [1.165, 1.54) is 31.2 Å². The summed E-state index contributed by atoms with van der Waals surface area (Å²) in [5, 5.41) is -5.51. The van der Waals surface area contributed by atoms with Crippen LogP contribution in [0.4, 0.5) is 22.0 Å². The Morgan fingerprint density at radius 3 is 2.16 bits per heavy atom. The molecule has 7 nitrogen and oxygen atoms in total. The van der Waals surface area contributed by atoms with Gasteiger partial charge in [0.1, 0.15) is 5.56 Å². The molecule has 0 fully saturated rings. The van der Waals surface area contributed by atoms with Gasteiger partial charge in [-0.3, -0.25) is 4.55 Å². The Hall–Kier alpha value is -3.06. The first-order valence-electron chi connectivity index (χ1n) is 8.09. The molecule has 0 amide bonds. The van der Waals surface area contributed by atoms with Crippen LogP contribution in [0.1, 0.15) is 17.3 Å². The maximum atomic E-state index is 13.7. The van der Waals surface area contributed by atoms with E-state index < -0.39 is 50.9 Å². The van der Waals surface area contributed by atoms with Gasteiger partial charge in [0.2, 0.25) is 0 Å². The number of fused-ring (bicyclic) bond motifs is 1. The number of hydrogen-bond acceptors (Lipinski definition) is 6. The minimum absolute atomic E-state index is 0.0386. The van der Waals surface area contributed by atoms with Gasteiger partial charge in [-0.15, -0.1) is 0 Å². The Morgan fingerprint density at radius 1 is 1.06 bits per heavy atom. The molecule has 168 valence electrons. The fraction of sp³-hybridized carbons (Fsp3) is 0.222. The molecule has 0 saturated carbocycles. The summed E-state index contributed by atoms with van der Waals surface area (Å²) in [7, 11) is -6.62. The fourth-order valence-corrected chi connectivity index (χ4v) is 2.78. The Bertz CT molecular complexity index is 1160. The van der Waals surface area contributed by atoms with Gasteiger partial charge in [-0.1, -0.05) is 36.9 Å². The highest BCUT2D eigenvalue weighted by molar-refractivity contribution is 7.86. The number of hydrogen-bond donors (Lipinski definition) is 1. The minimum Gasteiger partial charge on any atom is -0.441 e. The SMILES string of the molecule is C=C(C)C(=O)Oc1c(C(=O)OC(C(F)(F)F)C(F)(F)S(=O)(=O)O)ccc2ccccc12. The van der Waals surface area contributed by atoms with Gasteiger partial charge in [-0.2, -0.15) is 30.4 Å². The quantitative estimate of drug-likeness (QED) is 0.225. The maximum absolute atomic E-state index is 13.7. The third-order valence-corrected chi connectivity index (χ3v) is 4.72. The largest absolute Gasteiger partial charge is 0.441 e. The van der Waals surface area contributed by atoms with Crippen LogP contribution in [-0.2, 0) is 19.6 Å². The van der Waals surface area contributed by atoms with Crippen molar-refractivity contribution in [3.63, 3.8) is 0 Å². The van der Waals surface area contributed by atoms with Crippen molar-refractivity contribution >= 4 is 32.8 Å². The molecular weight excluding hydrogens is 455 g/mol. The lowest BCUT2D eigenvalue weighted by Crippen LogP contribution is -2.52. The molecule has 0 radical (unpaired) electrons. The van der Waals surface area contributed by atoms with Gasteiger partial charge in [-0.25, -0.2) is 9.59 Å². The van der Waals surface area contributed by atoms with Gasteiger partial charge in [0.25, 0.3) is 6.10 Å². The minimum atomic E-state index is -6.62. The van der Waals surface area contributed by atoms with Crippen molar-refractivity contribution in [2.24, 2.45) is 0 Å². The van der Waals surface area contributed by atoms with Gasteiger partial charge in [-0.05, 0) is 18.4 Å². The van der Waals surface area contributed by atoms with Gasteiger partial charge in [0, 0.05) is 11.0 Å². The van der Waals surface area contributed by atoms with Gasteiger partial charge in [0.15, 0.2) is 5.75 Å². The molecule has 0 aliphatic rings. The van der Waals surface area contributed by atoms with Gasteiger partial charge < -0.3 is 9.47 Å².